The Morgan fingerprint density at radius 3 is 1.00 bits per heavy atom. The van der Waals surface area contributed by atoms with E-state index in [-0.39, 0.29) is 66.0 Å². The van der Waals surface area contributed by atoms with Crippen LogP contribution in [0.25, 0.3) is 0 Å². The van der Waals surface area contributed by atoms with Crippen molar-refractivity contribution in [1.82, 2.24) is 0 Å². The van der Waals surface area contributed by atoms with Gasteiger partial charge < -0.3 is 5.48 Å². The maximum Gasteiger partial charge on any atom is 3.00 e. The minimum absolute atomic E-state index is 0. The van der Waals surface area contributed by atoms with Gasteiger partial charge in [-0.3, -0.25) is 0 Å². The van der Waals surface area contributed by atoms with Crippen LogP contribution in [-0.2, 0) is 66.0 Å². The van der Waals surface area contributed by atoms with Crippen LogP contribution in [0.2, 0.25) is 0 Å². The van der Waals surface area contributed by atoms with Crippen molar-refractivity contribution in [3.05, 3.63) is 0 Å². The molecule has 4 heteroatoms. The molecule has 0 saturated heterocycles. The molecule has 0 rings (SSSR count). The predicted molar refractivity (Wildman–Crippen MR) is 0.686 cm³/mol. The summed E-state index contributed by atoms with van der Waals surface area (Å²) in [6.07, 6.45) is 0. The third kappa shape index (κ3) is 9.08. The van der Waals surface area contributed by atoms with Gasteiger partial charge in [-0.2, -0.15) is 0 Å². The summed E-state index contributed by atoms with van der Waals surface area (Å²) in [5.74, 6) is 0. The van der Waals surface area contributed by atoms with Crippen LogP contribution in [-0.4, -0.2) is 0 Å². The monoisotopic (exact) mass is 464 g/mol. The Morgan fingerprint density at radius 2 is 1.00 bits per heavy atom. The van der Waals surface area contributed by atoms with Gasteiger partial charge in [-0.05, 0) is 0 Å². The van der Waals surface area contributed by atoms with Gasteiger partial charge in [0.15, 0.2) is 0 Å². The van der Waals surface area contributed by atoms with E-state index in [1.807, 2.05) is 0 Å². The van der Waals surface area contributed by atoms with Crippen LogP contribution < -0.4 is 0 Å². The van der Waals surface area contributed by atoms with Gasteiger partial charge in [-0.25, -0.2) is 0 Å². The van der Waals surface area contributed by atoms with E-state index in [1.54, 1.807) is 0 Å². The number of hydrogen-bond acceptors (Lipinski definition) is 0. The van der Waals surface area contributed by atoms with Crippen LogP contribution in [0.5, 0.6) is 0 Å². The van der Waals surface area contributed by atoms with Gasteiger partial charge in [0.25, 0.3) is 0 Å². The van der Waals surface area contributed by atoms with E-state index in [2.05, 4.69) is 0 Å². The summed E-state index contributed by atoms with van der Waals surface area (Å²) in [6, 6.07) is 0. The van der Waals surface area contributed by atoms with Crippen LogP contribution in [0.1, 0.15) is 0 Å². The van der Waals surface area contributed by atoms with E-state index in [1.165, 1.54) is 0 Å². The summed E-state index contributed by atoms with van der Waals surface area (Å²) >= 11 is 0. The molecule has 0 bridgehead atoms. The van der Waals surface area contributed by atoms with E-state index < -0.39 is 0 Å². The standard InChI is InChI=1S/Au.Fe.O.Pt/q+3;+2;-2;+2. The van der Waals surface area contributed by atoms with Crippen molar-refractivity contribution in [3.63, 3.8) is 0 Å². The topological polar surface area (TPSA) is 28.5 Å². The Hall–Kier alpha value is 1.91. The van der Waals surface area contributed by atoms with E-state index in [0.717, 1.165) is 0 Å². The smallest absolute Gasteiger partial charge is 2.00 e. The third-order valence-corrected chi connectivity index (χ3v) is 0. The molecule has 0 aromatic carbocycles. The summed E-state index contributed by atoms with van der Waals surface area (Å²) in [7, 11) is 0. The maximum atomic E-state index is 0. The molecule has 0 aliphatic heterocycles. The molecule has 0 atom stereocenters. The average Bonchev–Trinajstić information content (AvgIpc) is 0. The van der Waals surface area contributed by atoms with Crippen LogP contribution in [0, 0.1) is 0 Å². The molecule has 0 aromatic heterocycles. The zero-order valence-corrected chi connectivity index (χ0v) is 6.92. The molecule has 0 amide bonds. The van der Waals surface area contributed by atoms with E-state index in [9.17, 15) is 0 Å². The molecule has 0 aliphatic carbocycles. The van der Waals surface area contributed by atoms with Gasteiger partial charge in [0, 0.05) is 0 Å². The van der Waals surface area contributed by atoms with Gasteiger partial charge in [-0.1, -0.05) is 0 Å². The Morgan fingerprint density at radius 1 is 1.00 bits per heavy atom. The van der Waals surface area contributed by atoms with Crippen molar-refractivity contribution in [2.75, 3.05) is 0 Å². The fraction of sp³-hybridized carbons (Fsp3) is 0. The van der Waals surface area contributed by atoms with Crippen molar-refractivity contribution < 1.29 is 66.0 Å². The molecular weight excluding hydrogens is 464 g/mol. The number of rotatable bonds is 0. The molecule has 0 unspecified atom stereocenters. The fourth-order valence-electron chi connectivity index (χ4n) is 0. The third-order valence-electron chi connectivity index (χ3n) is 0. The zero-order chi connectivity index (χ0) is 0. The van der Waals surface area contributed by atoms with Gasteiger partial charge in [-0.15, -0.1) is 0 Å². The second-order valence-electron chi connectivity index (χ2n) is 0. The molecule has 0 N–H and O–H groups in total. The summed E-state index contributed by atoms with van der Waals surface area (Å²) in [5, 5.41) is 0. The van der Waals surface area contributed by atoms with E-state index in [0.29, 0.717) is 0 Å². The Kier molecular flexibility index (Phi) is 201. The largest absolute Gasteiger partial charge is 3.00 e. The van der Waals surface area contributed by atoms with Crippen molar-refractivity contribution >= 4 is 0 Å². The minimum Gasteiger partial charge on any atom is -2.00 e. The summed E-state index contributed by atoms with van der Waals surface area (Å²) < 4.78 is 0. The molecule has 0 radical (unpaired) electrons. The first-order valence-electron chi connectivity index (χ1n) is 0. The van der Waals surface area contributed by atoms with Gasteiger partial charge in [0.1, 0.15) is 0 Å². The second kappa shape index (κ2) is 20.6. The van der Waals surface area contributed by atoms with Crippen molar-refractivity contribution in [1.29, 1.82) is 0 Å². The Labute approximate surface area is 65.5 Å². The molecule has 30 valence electrons. The van der Waals surface area contributed by atoms with Gasteiger partial charge >= 0.3 is 60.5 Å². The second-order valence-corrected chi connectivity index (χ2v) is 0. The molecule has 0 aromatic rings. The SMILES string of the molecule is [Au+3].[Fe+2].[O-2].[Pt+2]. The normalized spacial score (nSPS) is 0. The summed E-state index contributed by atoms with van der Waals surface area (Å²) in [4.78, 5) is 0. The Balaban J connectivity index is 0. The summed E-state index contributed by atoms with van der Waals surface area (Å²) in [5.41, 5.74) is 0. The predicted octanol–water partition coefficient (Wildman–Crippen LogP) is -0.126. The summed E-state index contributed by atoms with van der Waals surface area (Å²) in [6.45, 7) is 0. The molecule has 0 heterocycles. The molecular formula is AuFeOPt+5. The van der Waals surface area contributed by atoms with Crippen molar-refractivity contribution in [2.24, 2.45) is 0 Å². The first kappa shape index (κ1) is 39.1. The first-order valence-corrected chi connectivity index (χ1v) is 0. The fourth-order valence-corrected chi connectivity index (χ4v) is 0. The van der Waals surface area contributed by atoms with E-state index >= 15 is 0 Å². The van der Waals surface area contributed by atoms with Crippen molar-refractivity contribution in [2.45, 2.75) is 0 Å². The molecule has 0 aliphatic rings. The molecule has 0 spiro atoms. The van der Waals surface area contributed by atoms with Crippen LogP contribution in [0.15, 0.2) is 0 Å². The first-order chi connectivity index (χ1) is 0. The van der Waals surface area contributed by atoms with Crippen LogP contribution >= 0.6 is 0 Å². The average molecular weight is 464 g/mol. The molecule has 0 saturated carbocycles. The van der Waals surface area contributed by atoms with Gasteiger partial charge in [0.05, 0.1) is 0 Å². The Bertz CT molecular complexity index is 8.00. The maximum absolute atomic E-state index is 0. The number of hydrogen-bond donors (Lipinski definition) is 0. The van der Waals surface area contributed by atoms with Crippen LogP contribution in [0.4, 0.5) is 0 Å². The van der Waals surface area contributed by atoms with E-state index in [4.69, 9.17) is 0 Å². The van der Waals surface area contributed by atoms with Gasteiger partial charge in [0.2, 0.25) is 0 Å². The minimum atomic E-state index is 0. The molecule has 4 heavy (non-hydrogen) atoms. The quantitative estimate of drug-likeness (QED) is 0.448. The molecule has 0 fully saturated rings. The molecule has 1 nitrogen and oxygen atoms in total. The van der Waals surface area contributed by atoms with Crippen molar-refractivity contribution in [3.8, 4) is 0 Å². The zero-order valence-electron chi connectivity index (χ0n) is 1.38. The van der Waals surface area contributed by atoms with Crippen LogP contribution in [0.3, 0.4) is 0 Å².